The van der Waals surface area contributed by atoms with Crippen molar-refractivity contribution in [3.05, 3.63) is 66.0 Å². The Kier molecular flexibility index (Phi) is 6.17. The molecular weight excluding hydrogens is 416 g/mol. The van der Waals surface area contributed by atoms with Gasteiger partial charge in [-0.05, 0) is 34.9 Å². The maximum absolute atomic E-state index is 13.3. The molecule has 0 amide bonds. The molecule has 4 rings (SSSR count). The summed E-state index contributed by atoms with van der Waals surface area (Å²) >= 11 is 0. The summed E-state index contributed by atoms with van der Waals surface area (Å²) in [6.45, 7) is 2.47. The van der Waals surface area contributed by atoms with Crippen molar-refractivity contribution in [1.29, 1.82) is 0 Å². The van der Waals surface area contributed by atoms with Gasteiger partial charge in [-0.15, -0.1) is 0 Å². The summed E-state index contributed by atoms with van der Waals surface area (Å²) in [6.07, 6.45) is 3.18. The monoisotopic (exact) mass is 440 g/mol. The summed E-state index contributed by atoms with van der Waals surface area (Å²) in [5.41, 5.74) is 9.20. The molecule has 2 heterocycles. The van der Waals surface area contributed by atoms with E-state index in [1.807, 2.05) is 6.07 Å². The fourth-order valence-electron chi connectivity index (χ4n) is 3.46. The average molecular weight is 441 g/mol. The van der Waals surface area contributed by atoms with Crippen molar-refractivity contribution in [1.82, 2.24) is 9.97 Å². The summed E-state index contributed by atoms with van der Waals surface area (Å²) in [4.78, 5) is 10.4. The van der Waals surface area contributed by atoms with Crippen molar-refractivity contribution in [2.24, 2.45) is 0 Å². The molecule has 0 radical (unpaired) electrons. The molecule has 1 aliphatic rings. The van der Waals surface area contributed by atoms with E-state index in [1.165, 1.54) is 0 Å². The first-order chi connectivity index (χ1) is 14.9. The van der Waals surface area contributed by atoms with Crippen LogP contribution in [0.2, 0.25) is 0 Å². The summed E-state index contributed by atoms with van der Waals surface area (Å²) in [5, 5.41) is 9.20. The first kappa shape index (κ1) is 21.2. The maximum atomic E-state index is 13.3. The van der Waals surface area contributed by atoms with Crippen LogP contribution in [-0.2, 0) is 26.9 Å². The fraction of sp³-hybridized carbons (Fsp3) is 0.273. The van der Waals surface area contributed by atoms with Gasteiger partial charge in [-0.25, -0.2) is 18.4 Å². The maximum Gasteiger partial charge on any atom is 0.219 e. The van der Waals surface area contributed by atoms with Crippen LogP contribution in [-0.4, -0.2) is 49.8 Å². The predicted octanol–water partition coefficient (Wildman–Crippen LogP) is 2.03. The SMILES string of the molecule is Nc1ncc(-c2cc(N3CCOCC3)cc(S(=O)(=O)Cc3ccc(CO)cc3)c2)cn1. The van der Waals surface area contributed by atoms with Gasteiger partial charge in [0.1, 0.15) is 0 Å². The molecule has 0 unspecified atom stereocenters. The van der Waals surface area contributed by atoms with Gasteiger partial charge in [0, 0.05) is 36.7 Å². The van der Waals surface area contributed by atoms with Crippen LogP contribution in [0.4, 0.5) is 11.6 Å². The number of hydrogen-bond donors (Lipinski definition) is 2. The minimum absolute atomic E-state index is 0.0817. The third-order valence-electron chi connectivity index (χ3n) is 5.19. The van der Waals surface area contributed by atoms with Crippen LogP contribution in [0.15, 0.2) is 59.8 Å². The number of aliphatic hydroxyl groups is 1. The lowest BCUT2D eigenvalue weighted by atomic mass is 10.1. The van der Waals surface area contributed by atoms with Gasteiger partial charge in [0.15, 0.2) is 9.84 Å². The highest BCUT2D eigenvalue weighted by molar-refractivity contribution is 7.90. The highest BCUT2D eigenvalue weighted by Gasteiger charge is 2.21. The highest BCUT2D eigenvalue weighted by Crippen LogP contribution is 2.30. The quantitative estimate of drug-likeness (QED) is 0.598. The van der Waals surface area contributed by atoms with Gasteiger partial charge in [-0.2, -0.15) is 0 Å². The molecule has 3 N–H and O–H groups in total. The molecule has 0 spiro atoms. The molecule has 1 aromatic heterocycles. The van der Waals surface area contributed by atoms with E-state index >= 15 is 0 Å². The summed E-state index contributed by atoms with van der Waals surface area (Å²) in [6, 6.07) is 12.2. The molecule has 2 aromatic carbocycles. The molecule has 9 heteroatoms. The van der Waals surface area contributed by atoms with Gasteiger partial charge < -0.3 is 20.5 Å². The number of rotatable bonds is 6. The van der Waals surface area contributed by atoms with Gasteiger partial charge in [0.25, 0.3) is 0 Å². The number of sulfone groups is 1. The highest BCUT2D eigenvalue weighted by atomic mass is 32.2. The number of anilines is 2. The van der Waals surface area contributed by atoms with E-state index in [4.69, 9.17) is 10.5 Å². The normalized spacial score (nSPS) is 14.5. The van der Waals surface area contributed by atoms with Crippen molar-refractivity contribution in [3.63, 3.8) is 0 Å². The Balaban J connectivity index is 1.73. The Morgan fingerprint density at radius 3 is 2.26 bits per heavy atom. The summed E-state index contributed by atoms with van der Waals surface area (Å²) in [5.74, 6) is 0.0235. The summed E-state index contributed by atoms with van der Waals surface area (Å²) in [7, 11) is -3.62. The van der Waals surface area contributed by atoms with E-state index in [-0.39, 0.29) is 23.2 Å². The standard InChI is InChI=1S/C22H24N4O4S/c23-22-24-12-19(13-25-22)18-9-20(26-5-7-30-8-6-26)11-21(10-18)31(28,29)15-17-3-1-16(14-27)2-4-17/h1-4,9-13,27H,5-8,14-15H2,(H2,23,24,25). The van der Waals surface area contributed by atoms with Gasteiger partial charge in [-0.1, -0.05) is 24.3 Å². The van der Waals surface area contributed by atoms with Crippen molar-refractivity contribution < 1.29 is 18.3 Å². The van der Waals surface area contributed by atoms with Crippen molar-refractivity contribution in [3.8, 4) is 11.1 Å². The van der Waals surface area contributed by atoms with Gasteiger partial charge in [0.05, 0.1) is 30.5 Å². The largest absolute Gasteiger partial charge is 0.392 e. The van der Waals surface area contributed by atoms with E-state index in [2.05, 4.69) is 14.9 Å². The molecule has 0 atom stereocenters. The molecule has 0 saturated carbocycles. The minimum atomic E-state index is -3.62. The number of nitrogens with zero attached hydrogens (tertiary/aromatic N) is 3. The van der Waals surface area contributed by atoms with Crippen molar-refractivity contribution in [2.75, 3.05) is 36.9 Å². The number of ether oxygens (including phenoxy) is 1. The zero-order valence-corrected chi connectivity index (χ0v) is 17.8. The van der Waals surface area contributed by atoms with E-state index in [9.17, 15) is 13.5 Å². The first-order valence-corrected chi connectivity index (χ1v) is 11.6. The molecule has 1 saturated heterocycles. The Morgan fingerprint density at radius 1 is 0.968 bits per heavy atom. The lowest BCUT2D eigenvalue weighted by Gasteiger charge is -2.29. The molecule has 8 nitrogen and oxygen atoms in total. The lowest BCUT2D eigenvalue weighted by molar-refractivity contribution is 0.122. The molecular formula is C22H24N4O4S. The third-order valence-corrected chi connectivity index (χ3v) is 6.86. The fourth-order valence-corrected chi connectivity index (χ4v) is 4.87. The van der Waals surface area contributed by atoms with E-state index < -0.39 is 9.84 Å². The van der Waals surface area contributed by atoms with Gasteiger partial charge in [-0.3, -0.25) is 0 Å². The van der Waals surface area contributed by atoms with Crippen LogP contribution in [0.5, 0.6) is 0 Å². The smallest absolute Gasteiger partial charge is 0.219 e. The second-order valence-electron chi connectivity index (χ2n) is 7.38. The van der Waals surface area contributed by atoms with E-state index in [1.54, 1.807) is 48.8 Å². The van der Waals surface area contributed by atoms with Crippen molar-refractivity contribution >= 4 is 21.5 Å². The summed E-state index contributed by atoms with van der Waals surface area (Å²) < 4.78 is 32.0. The molecule has 162 valence electrons. The van der Waals surface area contributed by atoms with E-state index in [0.717, 1.165) is 11.3 Å². The second kappa shape index (κ2) is 9.01. The van der Waals surface area contributed by atoms with E-state index in [0.29, 0.717) is 43.0 Å². The Hall–Kier alpha value is -3.01. The number of benzene rings is 2. The lowest BCUT2D eigenvalue weighted by Crippen LogP contribution is -2.36. The van der Waals surface area contributed by atoms with Crippen LogP contribution in [0.3, 0.4) is 0 Å². The Labute approximate surface area is 181 Å². The van der Waals surface area contributed by atoms with Crippen LogP contribution in [0, 0.1) is 0 Å². The number of morpholine rings is 1. The van der Waals surface area contributed by atoms with Crippen LogP contribution < -0.4 is 10.6 Å². The van der Waals surface area contributed by atoms with Crippen molar-refractivity contribution in [2.45, 2.75) is 17.3 Å². The zero-order valence-electron chi connectivity index (χ0n) is 16.9. The third kappa shape index (κ3) is 5.01. The van der Waals surface area contributed by atoms with Gasteiger partial charge >= 0.3 is 0 Å². The predicted molar refractivity (Wildman–Crippen MR) is 118 cm³/mol. The first-order valence-electron chi connectivity index (χ1n) is 9.92. The topological polar surface area (TPSA) is 119 Å². The number of hydrogen-bond acceptors (Lipinski definition) is 8. The number of nitrogens with two attached hydrogens (primary N) is 1. The molecule has 3 aromatic rings. The Morgan fingerprint density at radius 2 is 1.61 bits per heavy atom. The number of nitrogen functional groups attached to an aromatic ring is 1. The number of aliphatic hydroxyl groups excluding tert-OH is 1. The molecule has 0 bridgehead atoms. The number of aromatic nitrogens is 2. The van der Waals surface area contributed by atoms with Crippen LogP contribution >= 0.6 is 0 Å². The Bertz CT molecular complexity index is 1140. The van der Waals surface area contributed by atoms with Crippen LogP contribution in [0.25, 0.3) is 11.1 Å². The minimum Gasteiger partial charge on any atom is -0.392 e. The molecule has 0 aliphatic carbocycles. The zero-order chi connectivity index (χ0) is 21.8. The average Bonchev–Trinajstić information content (AvgIpc) is 2.80. The second-order valence-corrected chi connectivity index (χ2v) is 9.37. The van der Waals surface area contributed by atoms with Crippen LogP contribution in [0.1, 0.15) is 11.1 Å². The molecule has 1 aliphatic heterocycles. The van der Waals surface area contributed by atoms with Gasteiger partial charge in [0.2, 0.25) is 5.95 Å². The molecule has 1 fully saturated rings. The molecule has 31 heavy (non-hydrogen) atoms.